The Bertz CT molecular complexity index is 377. The molecule has 1 saturated heterocycles. The van der Waals surface area contributed by atoms with Gasteiger partial charge in [-0.1, -0.05) is 30.6 Å². The van der Waals surface area contributed by atoms with Crippen LogP contribution in [0, 0.1) is 12.8 Å². The molecule has 0 amide bonds. The predicted molar refractivity (Wildman–Crippen MR) is 74.8 cm³/mol. The summed E-state index contributed by atoms with van der Waals surface area (Å²) < 4.78 is 4.79. The van der Waals surface area contributed by atoms with Crippen LogP contribution in [0.15, 0.2) is 4.63 Å². The van der Waals surface area contributed by atoms with Crippen LogP contribution in [-0.2, 0) is 6.54 Å². The first-order chi connectivity index (χ1) is 9.16. The fourth-order valence-corrected chi connectivity index (χ4v) is 2.62. The van der Waals surface area contributed by atoms with E-state index in [9.17, 15) is 0 Å². The van der Waals surface area contributed by atoms with Gasteiger partial charge in [0.2, 0.25) is 0 Å². The Balaban J connectivity index is 1.87. The van der Waals surface area contributed by atoms with Crippen molar-refractivity contribution in [1.29, 1.82) is 0 Å². The zero-order valence-corrected chi connectivity index (χ0v) is 12.4. The summed E-state index contributed by atoms with van der Waals surface area (Å²) in [6.45, 7) is 10.6. The maximum atomic E-state index is 4.79. The van der Waals surface area contributed by atoms with Gasteiger partial charge in [-0.15, -0.1) is 0 Å². The topological polar surface area (TPSA) is 54.2 Å². The van der Waals surface area contributed by atoms with Gasteiger partial charge >= 0.3 is 0 Å². The number of rotatable bonds is 6. The van der Waals surface area contributed by atoms with Crippen molar-refractivity contribution in [2.24, 2.45) is 5.92 Å². The summed E-state index contributed by atoms with van der Waals surface area (Å²) in [5.41, 5.74) is 1.90. The van der Waals surface area contributed by atoms with Gasteiger partial charge in [0.05, 0.1) is 0 Å². The lowest BCUT2D eigenvalue weighted by Crippen LogP contribution is -2.45. The maximum Gasteiger partial charge on any atom is 0.122 e. The minimum absolute atomic E-state index is 0.614. The molecule has 1 N–H and O–H groups in total. The third-order valence-corrected chi connectivity index (χ3v) is 3.78. The minimum atomic E-state index is 0.614. The van der Waals surface area contributed by atoms with Gasteiger partial charge in [0, 0.05) is 19.1 Å². The smallest absolute Gasteiger partial charge is 0.122 e. The normalized spacial score (nSPS) is 21.2. The lowest BCUT2D eigenvalue weighted by Gasteiger charge is -2.35. The third kappa shape index (κ3) is 4.28. The van der Waals surface area contributed by atoms with E-state index in [1.54, 1.807) is 0 Å². The quantitative estimate of drug-likeness (QED) is 0.853. The Morgan fingerprint density at radius 1 is 1.37 bits per heavy atom. The summed E-state index contributed by atoms with van der Waals surface area (Å²) in [7, 11) is 0. The van der Waals surface area contributed by atoms with Crippen LogP contribution in [-0.4, -0.2) is 40.9 Å². The predicted octanol–water partition coefficient (Wildman–Crippen LogP) is 1.98. The minimum Gasteiger partial charge on any atom is -0.315 e. The van der Waals surface area contributed by atoms with Crippen LogP contribution < -0.4 is 5.32 Å². The average molecular weight is 266 g/mol. The average Bonchev–Trinajstić information content (AvgIpc) is 2.77. The lowest BCUT2D eigenvalue weighted by atomic mass is 10.0. The van der Waals surface area contributed by atoms with E-state index in [2.05, 4.69) is 34.4 Å². The molecule has 0 aromatic carbocycles. The molecule has 5 heteroatoms. The molecule has 2 rings (SSSR count). The van der Waals surface area contributed by atoms with Gasteiger partial charge in [-0.25, -0.2) is 4.63 Å². The van der Waals surface area contributed by atoms with Crippen molar-refractivity contribution in [3.8, 4) is 0 Å². The van der Waals surface area contributed by atoms with Gasteiger partial charge < -0.3 is 5.32 Å². The number of likely N-dealkylation sites (tertiary alicyclic amines) is 1. The van der Waals surface area contributed by atoms with E-state index in [0.29, 0.717) is 12.0 Å². The van der Waals surface area contributed by atoms with Crippen molar-refractivity contribution >= 4 is 0 Å². The molecular weight excluding hydrogens is 240 g/mol. The van der Waals surface area contributed by atoms with Gasteiger partial charge in [0.15, 0.2) is 0 Å². The first kappa shape index (κ1) is 14.5. The lowest BCUT2D eigenvalue weighted by molar-refractivity contribution is 0.133. The molecule has 1 aromatic rings. The Labute approximate surface area is 115 Å². The Hall–Kier alpha value is -0.940. The highest BCUT2D eigenvalue weighted by atomic mass is 16.6. The van der Waals surface area contributed by atoms with Crippen LogP contribution in [0.25, 0.3) is 0 Å². The Morgan fingerprint density at radius 2 is 2.21 bits per heavy atom. The molecule has 1 unspecified atom stereocenters. The van der Waals surface area contributed by atoms with E-state index >= 15 is 0 Å². The zero-order valence-electron chi connectivity index (χ0n) is 12.4. The molecule has 19 heavy (non-hydrogen) atoms. The monoisotopic (exact) mass is 266 g/mol. The molecule has 0 spiro atoms. The second-order valence-electron chi connectivity index (χ2n) is 5.97. The van der Waals surface area contributed by atoms with Crippen molar-refractivity contribution in [3.63, 3.8) is 0 Å². The second-order valence-corrected chi connectivity index (χ2v) is 5.97. The fourth-order valence-electron chi connectivity index (χ4n) is 2.62. The summed E-state index contributed by atoms with van der Waals surface area (Å²) in [6.07, 6.45) is 3.89. The number of aryl methyl sites for hydroxylation is 1. The highest BCUT2D eigenvalue weighted by molar-refractivity contribution is 5.04. The van der Waals surface area contributed by atoms with Crippen LogP contribution in [0.1, 0.15) is 44.5 Å². The van der Waals surface area contributed by atoms with Crippen molar-refractivity contribution in [1.82, 2.24) is 20.5 Å². The van der Waals surface area contributed by atoms with Crippen molar-refractivity contribution in [2.75, 3.05) is 19.6 Å². The SMILES string of the molecule is Cc1nonc1CN1CCCCC1CNCC(C)C. The highest BCUT2D eigenvalue weighted by Crippen LogP contribution is 2.19. The molecule has 5 nitrogen and oxygen atoms in total. The van der Waals surface area contributed by atoms with Gasteiger partial charge in [0.1, 0.15) is 11.4 Å². The molecule has 1 aromatic heterocycles. The number of piperidine rings is 1. The largest absolute Gasteiger partial charge is 0.315 e. The first-order valence-electron chi connectivity index (χ1n) is 7.39. The van der Waals surface area contributed by atoms with Gasteiger partial charge in [0.25, 0.3) is 0 Å². The summed E-state index contributed by atoms with van der Waals surface area (Å²) >= 11 is 0. The molecule has 1 aliphatic heterocycles. The van der Waals surface area contributed by atoms with Crippen molar-refractivity contribution in [3.05, 3.63) is 11.4 Å². The second kappa shape index (κ2) is 7.01. The molecule has 2 heterocycles. The number of hydrogen-bond donors (Lipinski definition) is 1. The maximum absolute atomic E-state index is 4.79. The fraction of sp³-hybridized carbons (Fsp3) is 0.857. The van der Waals surface area contributed by atoms with Gasteiger partial charge in [-0.2, -0.15) is 0 Å². The van der Waals surface area contributed by atoms with Gasteiger partial charge in [-0.05, 0) is 38.8 Å². The molecular formula is C14H26N4O. The van der Waals surface area contributed by atoms with Crippen LogP contribution in [0.4, 0.5) is 0 Å². The molecule has 1 atom stereocenters. The van der Waals surface area contributed by atoms with E-state index in [1.807, 2.05) is 6.92 Å². The summed E-state index contributed by atoms with van der Waals surface area (Å²) in [6, 6.07) is 0.614. The van der Waals surface area contributed by atoms with Crippen LogP contribution >= 0.6 is 0 Å². The van der Waals surface area contributed by atoms with E-state index in [0.717, 1.165) is 37.6 Å². The van der Waals surface area contributed by atoms with Crippen LogP contribution in [0.3, 0.4) is 0 Å². The molecule has 0 saturated carbocycles. The van der Waals surface area contributed by atoms with E-state index in [1.165, 1.54) is 19.3 Å². The van der Waals surface area contributed by atoms with Crippen LogP contribution in [0.5, 0.6) is 0 Å². The molecule has 0 aliphatic carbocycles. The van der Waals surface area contributed by atoms with Crippen LogP contribution in [0.2, 0.25) is 0 Å². The molecule has 0 radical (unpaired) electrons. The van der Waals surface area contributed by atoms with E-state index < -0.39 is 0 Å². The number of nitrogens with zero attached hydrogens (tertiary/aromatic N) is 3. The van der Waals surface area contributed by atoms with E-state index in [-0.39, 0.29) is 0 Å². The Morgan fingerprint density at radius 3 is 2.89 bits per heavy atom. The molecule has 1 aliphatic rings. The van der Waals surface area contributed by atoms with Crippen molar-refractivity contribution < 1.29 is 4.63 Å². The standard InChI is InChI=1S/C14H26N4O/c1-11(2)8-15-9-13-6-4-5-7-18(13)10-14-12(3)16-19-17-14/h11,13,15H,4-10H2,1-3H3. The Kier molecular flexibility index (Phi) is 5.34. The molecule has 0 bridgehead atoms. The summed E-state index contributed by atoms with van der Waals surface area (Å²) in [5.74, 6) is 0.707. The number of nitrogens with one attached hydrogen (secondary N) is 1. The first-order valence-corrected chi connectivity index (χ1v) is 7.39. The summed E-state index contributed by atoms with van der Waals surface area (Å²) in [5, 5.41) is 11.4. The zero-order chi connectivity index (χ0) is 13.7. The number of hydrogen-bond acceptors (Lipinski definition) is 5. The third-order valence-electron chi connectivity index (χ3n) is 3.78. The molecule has 108 valence electrons. The van der Waals surface area contributed by atoms with Gasteiger partial charge in [-0.3, -0.25) is 4.90 Å². The summed E-state index contributed by atoms with van der Waals surface area (Å²) in [4.78, 5) is 2.52. The van der Waals surface area contributed by atoms with Crippen molar-refractivity contribution in [2.45, 2.75) is 52.6 Å². The van der Waals surface area contributed by atoms with E-state index in [4.69, 9.17) is 4.63 Å². The number of aromatic nitrogens is 2. The highest BCUT2D eigenvalue weighted by Gasteiger charge is 2.23. The molecule has 1 fully saturated rings.